The van der Waals surface area contributed by atoms with Crippen LogP contribution in [0.15, 0.2) is 29.4 Å². The van der Waals surface area contributed by atoms with Crippen molar-refractivity contribution in [2.45, 2.75) is 6.92 Å². The lowest BCUT2D eigenvalue weighted by atomic mass is 10.1. The van der Waals surface area contributed by atoms with E-state index in [-0.39, 0.29) is 0 Å². The number of morpholine rings is 2. The van der Waals surface area contributed by atoms with Crippen LogP contribution in [-0.2, 0) is 19.5 Å². The molecule has 0 aliphatic carbocycles. The monoisotopic (exact) mass is 476 g/mol. The first-order valence-electron chi connectivity index (χ1n) is 10.7. The Morgan fingerprint density at radius 1 is 0.909 bits per heavy atom. The number of hydrogen-bond donors (Lipinski definition) is 2. The molecular formula is C20H28N8O4S. The average Bonchev–Trinajstić information content (AvgIpc) is 2.83. The van der Waals surface area contributed by atoms with Gasteiger partial charge in [-0.15, -0.1) is 0 Å². The van der Waals surface area contributed by atoms with E-state index in [1.165, 1.54) is 0 Å². The van der Waals surface area contributed by atoms with E-state index in [1.807, 2.05) is 6.92 Å². The van der Waals surface area contributed by atoms with Gasteiger partial charge >= 0.3 is 0 Å². The number of nitrogens with one attached hydrogen (secondary N) is 2. The van der Waals surface area contributed by atoms with Gasteiger partial charge in [-0.25, -0.2) is 13.8 Å². The SMILES string of the molecule is CC(=NNc1nc(N2CCOCC2)nc(N2CCOCC2)n1)c1ccc(NS(C)(=O)=O)cc1. The van der Waals surface area contributed by atoms with Crippen LogP contribution in [0.2, 0.25) is 0 Å². The third-order valence-electron chi connectivity index (χ3n) is 5.13. The Kier molecular flexibility index (Phi) is 7.20. The summed E-state index contributed by atoms with van der Waals surface area (Å²) in [6, 6.07) is 6.95. The molecule has 0 saturated carbocycles. The molecule has 178 valence electrons. The second-order valence-electron chi connectivity index (χ2n) is 7.72. The average molecular weight is 477 g/mol. The summed E-state index contributed by atoms with van der Waals surface area (Å²) in [4.78, 5) is 18.0. The number of sulfonamides is 1. The number of aromatic nitrogens is 3. The van der Waals surface area contributed by atoms with Gasteiger partial charge in [-0.05, 0) is 24.6 Å². The zero-order chi connectivity index (χ0) is 23.3. The lowest BCUT2D eigenvalue weighted by Crippen LogP contribution is -2.40. The molecule has 4 rings (SSSR count). The van der Waals surface area contributed by atoms with Crippen LogP contribution in [0.4, 0.5) is 23.5 Å². The Bertz CT molecular complexity index is 1050. The van der Waals surface area contributed by atoms with Crippen molar-refractivity contribution in [3.63, 3.8) is 0 Å². The van der Waals surface area contributed by atoms with Crippen LogP contribution >= 0.6 is 0 Å². The molecule has 2 aromatic rings. The number of nitrogens with zero attached hydrogens (tertiary/aromatic N) is 6. The van der Waals surface area contributed by atoms with Crippen molar-refractivity contribution in [1.82, 2.24) is 15.0 Å². The Morgan fingerprint density at radius 3 is 1.91 bits per heavy atom. The molecule has 2 N–H and O–H groups in total. The van der Waals surface area contributed by atoms with Crippen molar-refractivity contribution in [2.75, 3.05) is 78.8 Å². The maximum atomic E-state index is 11.4. The molecule has 0 amide bonds. The van der Waals surface area contributed by atoms with E-state index in [1.54, 1.807) is 24.3 Å². The van der Waals surface area contributed by atoms with Crippen molar-refractivity contribution < 1.29 is 17.9 Å². The lowest BCUT2D eigenvalue weighted by molar-refractivity contribution is 0.121. The normalized spacial score (nSPS) is 17.7. The van der Waals surface area contributed by atoms with Crippen LogP contribution < -0.4 is 19.9 Å². The van der Waals surface area contributed by atoms with Gasteiger partial charge in [0, 0.05) is 31.9 Å². The molecule has 13 heteroatoms. The number of benzene rings is 1. The molecule has 33 heavy (non-hydrogen) atoms. The summed E-state index contributed by atoms with van der Waals surface area (Å²) >= 11 is 0. The minimum absolute atomic E-state index is 0.350. The van der Waals surface area contributed by atoms with Crippen LogP contribution in [0, 0.1) is 0 Å². The van der Waals surface area contributed by atoms with E-state index >= 15 is 0 Å². The van der Waals surface area contributed by atoms with Gasteiger partial charge in [0.15, 0.2) is 0 Å². The number of hydrogen-bond acceptors (Lipinski definition) is 11. The van der Waals surface area contributed by atoms with E-state index < -0.39 is 10.0 Å². The Morgan fingerprint density at radius 2 is 1.42 bits per heavy atom. The number of hydrazone groups is 1. The predicted molar refractivity (Wildman–Crippen MR) is 127 cm³/mol. The summed E-state index contributed by atoms with van der Waals surface area (Å²) in [6.45, 7) is 7.20. The molecule has 2 aliphatic rings. The highest BCUT2D eigenvalue weighted by atomic mass is 32.2. The third kappa shape index (κ3) is 6.49. The largest absolute Gasteiger partial charge is 0.378 e. The zero-order valence-corrected chi connectivity index (χ0v) is 19.5. The number of anilines is 4. The van der Waals surface area contributed by atoms with Gasteiger partial charge in [-0.3, -0.25) is 4.72 Å². The van der Waals surface area contributed by atoms with E-state index in [4.69, 9.17) is 9.47 Å². The van der Waals surface area contributed by atoms with Crippen LogP contribution in [-0.4, -0.2) is 87.9 Å². The quantitative estimate of drug-likeness (QED) is 0.435. The van der Waals surface area contributed by atoms with Gasteiger partial charge in [-0.2, -0.15) is 20.1 Å². The second kappa shape index (κ2) is 10.3. The fourth-order valence-electron chi connectivity index (χ4n) is 3.41. The molecule has 0 bridgehead atoms. The molecule has 1 aromatic carbocycles. The maximum Gasteiger partial charge on any atom is 0.250 e. The third-order valence-corrected chi connectivity index (χ3v) is 5.74. The molecule has 3 heterocycles. The van der Waals surface area contributed by atoms with E-state index in [9.17, 15) is 8.42 Å². The van der Waals surface area contributed by atoms with Crippen LogP contribution in [0.25, 0.3) is 0 Å². The van der Waals surface area contributed by atoms with Gasteiger partial charge in [0.2, 0.25) is 27.9 Å². The number of rotatable bonds is 7. The maximum absolute atomic E-state index is 11.4. The molecule has 1 aromatic heterocycles. The van der Waals surface area contributed by atoms with Crippen molar-refractivity contribution in [2.24, 2.45) is 5.10 Å². The van der Waals surface area contributed by atoms with Gasteiger partial charge in [0.05, 0.1) is 38.4 Å². The zero-order valence-electron chi connectivity index (χ0n) is 18.7. The summed E-state index contributed by atoms with van der Waals surface area (Å²) in [6.07, 6.45) is 1.11. The van der Waals surface area contributed by atoms with Gasteiger partial charge in [0.1, 0.15) is 0 Å². The standard InChI is InChI=1S/C20H28N8O4S/c1-15(16-3-5-17(6-4-16)26-33(2,29)30)24-25-18-21-19(27-7-11-31-12-8-27)23-20(22-18)28-9-13-32-14-10-28/h3-6,26H,7-14H2,1-2H3,(H,21,22,23,25). The highest BCUT2D eigenvalue weighted by molar-refractivity contribution is 7.92. The molecule has 0 atom stereocenters. The molecule has 0 spiro atoms. The van der Waals surface area contributed by atoms with E-state index in [0.717, 1.165) is 11.8 Å². The molecule has 0 radical (unpaired) electrons. The summed E-state index contributed by atoms with van der Waals surface area (Å²) < 4.78 is 36.1. The Balaban J connectivity index is 1.53. The molecular weight excluding hydrogens is 448 g/mol. The number of ether oxygens (including phenoxy) is 2. The topological polar surface area (TPSA) is 134 Å². The fourth-order valence-corrected chi connectivity index (χ4v) is 3.97. The smallest absolute Gasteiger partial charge is 0.250 e. The van der Waals surface area contributed by atoms with Crippen LogP contribution in [0.1, 0.15) is 12.5 Å². The van der Waals surface area contributed by atoms with Gasteiger partial charge < -0.3 is 19.3 Å². The van der Waals surface area contributed by atoms with E-state index in [2.05, 4.69) is 40.0 Å². The van der Waals surface area contributed by atoms with Crippen LogP contribution in [0.5, 0.6) is 0 Å². The fraction of sp³-hybridized carbons (Fsp3) is 0.500. The van der Waals surface area contributed by atoms with E-state index in [0.29, 0.717) is 81.9 Å². The molecule has 0 unspecified atom stereocenters. The van der Waals surface area contributed by atoms with Crippen LogP contribution in [0.3, 0.4) is 0 Å². The first-order chi connectivity index (χ1) is 15.9. The highest BCUT2D eigenvalue weighted by Gasteiger charge is 2.20. The molecule has 2 fully saturated rings. The van der Waals surface area contributed by atoms with Crippen molar-refractivity contribution >= 4 is 39.3 Å². The van der Waals surface area contributed by atoms with Crippen molar-refractivity contribution in [1.29, 1.82) is 0 Å². The molecule has 2 saturated heterocycles. The predicted octanol–water partition coefficient (Wildman–Crippen LogP) is 0.752. The minimum atomic E-state index is -3.32. The Hall–Kier alpha value is -3.03. The summed E-state index contributed by atoms with van der Waals surface area (Å²) in [5, 5.41) is 4.43. The molecule has 2 aliphatic heterocycles. The van der Waals surface area contributed by atoms with Gasteiger partial charge in [0.25, 0.3) is 0 Å². The minimum Gasteiger partial charge on any atom is -0.378 e. The lowest BCUT2D eigenvalue weighted by Gasteiger charge is -2.30. The molecule has 12 nitrogen and oxygen atoms in total. The van der Waals surface area contributed by atoms with Crippen molar-refractivity contribution in [3.05, 3.63) is 29.8 Å². The highest BCUT2D eigenvalue weighted by Crippen LogP contribution is 2.19. The Labute approximate surface area is 193 Å². The first kappa shape index (κ1) is 23.1. The second-order valence-corrected chi connectivity index (χ2v) is 9.47. The van der Waals surface area contributed by atoms with Crippen molar-refractivity contribution in [3.8, 4) is 0 Å². The summed E-state index contributed by atoms with van der Waals surface area (Å²) in [5.41, 5.74) is 4.97. The first-order valence-corrected chi connectivity index (χ1v) is 12.6. The van der Waals surface area contributed by atoms with Gasteiger partial charge in [-0.1, -0.05) is 12.1 Å². The summed E-state index contributed by atoms with van der Waals surface area (Å²) in [5.74, 6) is 1.52. The summed E-state index contributed by atoms with van der Waals surface area (Å²) in [7, 11) is -3.32.